The van der Waals surface area contributed by atoms with Gasteiger partial charge in [-0.1, -0.05) is 6.07 Å². The van der Waals surface area contributed by atoms with Gasteiger partial charge in [0.15, 0.2) is 0 Å². The molecule has 11 heteroatoms. The lowest BCUT2D eigenvalue weighted by Crippen LogP contribution is -2.49. The molecule has 1 unspecified atom stereocenters. The van der Waals surface area contributed by atoms with Gasteiger partial charge in [-0.3, -0.25) is 13.9 Å². The molecule has 0 bridgehead atoms. The highest BCUT2D eigenvalue weighted by atomic mass is 32.1. The Morgan fingerprint density at radius 2 is 2.10 bits per heavy atom. The molecule has 0 aromatic carbocycles. The number of ether oxygens (including phenoxy) is 1. The third-order valence-corrected chi connectivity index (χ3v) is 5.43. The number of hydrogen-bond donors (Lipinski definition) is 2. The molecule has 0 spiro atoms. The average molecular weight is 429 g/mol. The lowest BCUT2D eigenvalue weighted by molar-refractivity contribution is -0.139. The normalized spacial score (nSPS) is 15.9. The number of esters is 1. The summed E-state index contributed by atoms with van der Waals surface area (Å²) < 4.78 is 7.20. The van der Waals surface area contributed by atoms with Crippen LogP contribution in [0.1, 0.15) is 30.3 Å². The van der Waals surface area contributed by atoms with Gasteiger partial charge in [0.25, 0.3) is 5.56 Å². The van der Waals surface area contributed by atoms with Crippen LogP contribution in [0.2, 0.25) is 0 Å². The van der Waals surface area contributed by atoms with E-state index >= 15 is 0 Å². The summed E-state index contributed by atoms with van der Waals surface area (Å²) in [6, 6.07) is 3.92. The molecule has 0 aliphatic carbocycles. The van der Waals surface area contributed by atoms with E-state index in [1.807, 2.05) is 0 Å². The highest BCUT2D eigenvalue weighted by molar-refractivity contribution is 7.10. The number of rotatable bonds is 6. The Kier molecular flexibility index (Phi) is 6.17. The van der Waals surface area contributed by atoms with Gasteiger partial charge in [-0.05, 0) is 25.3 Å². The van der Waals surface area contributed by atoms with Crippen LogP contribution in [0.5, 0.6) is 0 Å². The van der Waals surface area contributed by atoms with E-state index in [0.717, 1.165) is 4.57 Å². The van der Waals surface area contributed by atoms with Crippen LogP contribution >= 0.6 is 11.3 Å². The van der Waals surface area contributed by atoms with Crippen LogP contribution in [0.4, 0.5) is 4.79 Å². The molecule has 0 saturated carbocycles. The van der Waals surface area contributed by atoms with Crippen LogP contribution in [-0.2, 0) is 22.6 Å². The van der Waals surface area contributed by atoms with E-state index in [4.69, 9.17) is 4.74 Å². The molecule has 2 amide bonds. The Morgan fingerprint density at radius 3 is 2.70 bits per heavy atom. The molecule has 0 radical (unpaired) electrons. The number of amides is 2. The Bertz CT molecular complexity index is 1170. The summed E-state index contributed by atoms with van der Waals surface area (Å²) in [5.41, 5.74) is -1.52. The fourth-order valence-corrected chi connectivity index (χ4v) is 3.90. The Hall–Kier alpha value is -3.65. The molecule has 0 saturated heterocycles. The SMILES string of the molecule is CCOC(=O)C1=C(Cn2c(=O)c(C#N)cn(CC)c2=O)NC(=O)NC1c1cccs1. The van der Waals surface area contributed by atoms with Crippen LogP contribution in [0.25, 0.3) is 0 Å². The van der Waals surface area contributed by atoms with Crippen molar-refractivity contribution in [1.82, 2.24) is 19.8 Å². The molecule has 156 valence electrons. The number of carbonyl (C=O) groups is 2. The van der Waals surface area contributed by atoms with Crippen LogP contribution in [-0.4, -0.2) is 27.7 Å². The molecule has 2 aromatic heterocycles. The smallest absolute Gasteiger partial charge is 0.338 e. The van der Waals surface area contributed by atoms with Crippen LogP contribution in [0, 0.1) is 11.3 Å². The average Bonchev–Trinajstić information content (AvgIpc) is 3.26. The number of hydrogen-bond acceptors (Lipinski definition) is 7. The third kappa shape index (κ3) is 3.90. The molecule has 3 heterocycles. The maximum absolute atomic E-state index is 12.7. The molecule has 1 aliphatic heterocycles. The number of thiophene rings is 1. The zero-order chi connectivity index (χ0) is 21.8. The van der Waals surface area contributed by atoms with E-state index in [1.54, 1.807) is 37.4 Å². The minimum absolute atomic E-state index is 0.0625. The van der Waals surface area contributed by atoms with Gasteiger partial charge in [0.1, 0.15) is 11.6 Å². The van der Waals surface area contributed by atoms with Gasteiger partial charge in [0.2, 0.25) is 0 Å². The van der Waals surface area contributed by atoms with Crippen molar-refractivity contribution in [2.75, 3.05) is 6.61 Å². The second kappa shape index (κ2) is 8.79. The molecule has 3 rings (SSSR count). The largest absolute Gasteiger partial charge is 0.463 e. The van der Waals surface area contributed by atoms with E-state index in [9.17, 15) is 24.4 Å². The van der Waals surface area contributed by atoms with Gasteiger partial charge in [-0.15, -0.1) is 11.3 Å². The number of aromatic nitrogens is 2. The first kappa shape index (κ1) is 21.1. The van der Waals surface area contributed by atoms with Crippen LogP contribution in [0.15, 0.2) is 44.6 Å². The highest BCUT2D eigenvalue weighted by Gasteiger charge is 2.34. The van der Waals surface area contributed by atoms with Crippen molar-refractivity contribution in [3.63, 3.8) is 0 Å². The molecule has 2 aromatic rings. The van der Waals surface area contributed by atoms with E-state index in [2.05, 4.69) is 10.6 Å². The van der Waals surface area contributed by atoms with Crippen LogP contribution in [0.3, 0.4) is 0 Å². The number of nitrogens with zero attached hydrogens (tertiary/aromatic N) is 3. The van der Waals surface area contributed by atoms with Crippen molar-refractivity contribution in [1.29, 1.82) is 5.26 Å². The Balaban J connectivity index is 2.20. The second-order valence-corrected chi connectivity index (χ2v) is 7.25. The van der Waals surface area contributed by atoms with E-state index in [1.165, 1.54) is 22.1 Å². The van der Waals surface area contributed by atoms with Gasteiger partial charge in [-0.2, -0.15) is 5.26 Å². The standard InChI is InChI=1S/C19H19N5O5S/c1-3-23-9-11(8-20)16(25)24(19(23)28)10-12-14(17(26)29-4-2)15(22-18(27)21-12)13-6-5-7-30-13/h5-7,9,15H,3-4,10H2,1-2H3,(H2,21,22,27). The molecule has 10 nitrogen and oxygen atoms in total. The predicted octanol–water partition coefficient (Wildman–Crippen LogP) is 0.834. The van der Waals surface area contributed by atoms with Gasteiger partial charge in [0.05, 0.1) is 30.5 Å². The summed E-state index contributed by atoms with van der Waals surface area (Å²) in [6.45, 7) is 3.29. The van der Waals surface area contributed by atoms with Gasteiger partial charge in [0, 0.05) is 17.6 Å². The maximum Gasteiger partial charge on any atom is 0.338 e. The minimum Gasteiger partial charge on any atom is -0.463 e. The molecule has 0 fully saturated rings. The van der Waals surface area contributed by atoms with Crippen LogP contribution < -0.4 is 21.9 Å². The van der Waals surface area contributed by atoms with Crippen molar-refractivity contribution >= 4 is 23.3 Å². The first-order chi connectivity index (χ1) is 14.4. The fraction of sp³-hybridized carbons (Fsp3) is 0.316. The number of nitrogens with one attached hydrogen (secondary N) is 2. The quantitative estimate of drug-likeness (QED) is 0.653. The monoisotopic (exact) mass is 429 g/mol. The van der Waals surface area contributed by atoms with E-state index in [0.29, 0.717) is 4.88 Å². The molecule has 1 atom stereocenters. The molecule has 1 aliphatic rings. The number of aryl methyl sites for hydroxylation is 1. The molecular weight excluding hydrogens is 410 g/mol. The van der Waals surface area contributed by atoms with Crippen molar-refractivity contribution in [2.24, 2.45) is 0 Å². The topological polar surface area (TPSA) is 135 Å². The zero-order valence-corrected chi connectivity index (χ0v) is 17.1. The summed E-state index contributed by atoms with van der Waals surface area (Å²) in [7, 11) is 0. The Labute approximate surface area is 175 Å². The van der Waals surface area contributed by atoms with Crippen molar-refractivity contribution < 1.29 is 14.3 Å². The third-order valence-electron chi connectivity index (χ3n) is 4.49. The number of nitriles is 1. The summed E-state index contributed by atoms with van der Waals surface area (Å²) >= 11 is 1.34. The van der Waals surface area contributed by atoms with E-state index < -0.39 is 35.8 Å². The summed E-state index contributed by atoms with van der Waals surface area (Å²) in [5, 5.41) is 16.2. The number of allylic oxidation sites excluding steroid dienone is 1. The van der Waals surface area contributed by atoms with E-state index in [-0.39, 0.29) is 30.0 Å². The molecule has 2 N–H and O–H groups in total. The summed E-state index contributed by atoms with van der Waals surface area (Å²) in [5.74, 6) is -0.682. The predicted molar refractivity (Wildman–Crippen MR) is 108 cm³/mol. The van der Waals surface area contributed by atoms with Gasteiger partial charge >= 0.3 is 17.7 Å². The second-order valence-electron chi connectivity index (χ2n) is 6.27. The van der Waals surface area contributed by atoms with Crippen molar-refractivity contribution in [3.8, 4) is 6.07 Å². The zero-order valence-electron chi connectivity index (χ0n) is 16.3. The Morgan fingerprint density at radius 1 is 1.33 bits per heavy atom. The van der Waals surface area contributed by atoms with Gasteiger partial charge in [-0.25, -0.2) is 14.4 Å². The number of urea groups is 1. The summed E-state index contributed by atoms with van der Waals surface area (Å²) in [6.07, 6.45) is 1.19. The van der Waals surface area contributed by atoms with Crippen molar-refractivity contribution in [2.45, 2.75) is 33.0 Å². The highest BCUT2D eigenvalue weighted by Crippen LogP contribution is 2.30. The van der Waals surface area contributed by atoms with Crippen molar-refractivity contribution in [3.05, 3.63) is 66.3 Å². The molecule has 30 heavy (non-hydrogen) atoms. The lowest BCUT2D eigenvalue weighted by atomic mass is 10.0. The lowest BCUT2D eigenvalue weighted by Gasteiger charge is -2.28. The summed E-state index contributed by atoms with van der Waals surface area (Å²) in [4.78, 5) is 51.0. The molecular formula is C19H19N5O5S. The first-order valence-corrected chi connectivity index (χ1v) is 10.0. The van der Waals surface area contributed by atoms with Gasteiger partial charge < -0.3 is 15.4 Å². The number of carbonyl (C=O) groups excluding carboxylic acids is 2. The minimum atomic E-state index is -0.802. The fourth-order valence-electron chi connectivity index (χ4n) is 3.12. The first-order valence-electron chi connectivity index (χ1n) is 9.16. The maximum atomic E-state index is 12.7.